The van der Waals surface area contributed by atoms with E-state index in [1.54, 1.807) is 62.4 Å². The van der Waals surface area contributed by atoms with Crippen molar-refractivity contribution >= 4 is 99.1 Å². The van der Waals surface area contributed by atoms with Gasteiger partial charge in [-0.25, -0.2) is 0 Å². The molecule has 0 heterocycles. The third kappa shape index (κ3) is 58.6. The molecule has 0 radical (unpaired) electrons. The van der Waals surface area contributed by atoms with Crippen LogP contribution in [0.1, 0.15) is 82.5 Å². The zero-order valence-electron chi connectivity index (χ0n) is 41.1. The van der Waals surface area contributed by atoms with E-state index in [0.29, 0.717) is 36.7 Å². The molecule has 2 N–H and O–H groups in total. The molecule has 0 spiro atoms. The van der Waals surface area contributed by atoms with E-state index >= 15 is 0 Å². The van der Waals surface area contributed by atoms with Gasteiger partial charge >= 0.3 is 121 Å². The summed E-state index contributed by atoms with van der Waals surface area (Å²) < 4.78 is 21.0. The minimum absolute atomic E-state index is 0. The monoisotopic (exact) mass is 1200 g/mol. The largest absolute Gasteiger partial charge is 1.00 e. The molecule has 362 valence electrons. The number of aromatic hydroxyl groups is 2. The maximum atomic E-state index is 11.2. The Morgan fingerprint density at radius 3 is 1.32 bits per heavy atom. The van der Waals surface area contributed by atoms with Crippen LogP contribution in [0.5, 0.6) is 17.2 Å². The minimum Gasteiger partial charge on any atom is -1.00 e. The molecule has 0 aliphatic carbocycles. The smallest absolute Gasteiger partial charge is 1.00 e. The molecule has 13 nitrogen and oxygen atoms in total. The summed E-state index contributed by atoms with van der Waals surface area (Å²) in [6.07, 6.45) is 4.91. The van der Waals surface area contributed by atoms with Crippen molar-refractivity contribution in [3.05, 3.63) is 72.8 Å². The second-order valence-corrected chi connectivity index (χ2v) is 15.9. The molecule has 3 aromatic carbocycles. The summed E-state index contributed by atoms with van der Waals surface area (Å²) in [6.45, 7) is 21.7. The Bertz CT molecular complexity index is 1470. The van der Waals surface area contributed by atoms with E-state index in [1.165, 1.54) is 60.4 Å². The number of alkyl halides is 2. The van der Waals surface area contributed by atoms with E-state index in [0.717, 1.165) is 39.9 Å². The molecule has 0 aliphatic heterocycles. The summed E-state index contributed by atoms with van der Waals surface area (Å²) in [5.74, 6) is 1.44. The number of hydrogen-bond acceptors (Lipinski definition) is 16. The normalized spacial score (nSPS) is 9.00. The summed E-state index contributed by atoms with van der Waals surface area (Å²) in [4.78, 5) is 48.8. The topological polar surface area (TPSA) is 181 Å². The first kappa shape index (κ1) is 76.9. The van der Waals surface area contributed by atoms with Crippen molar-refractivity contribution in [3.8, 4) is 17.2 Å². The van der Waals surface area contributed by atoms with Gasteiger partial charge in [-0.2, -0.15) is 0 Å². The van der Waals surface area contributed by atoms with Gasteiger partial charge in [0, 0.05) is 14.7 Å². The zero-order valence-corrected chi connectivity index (χ0v) is 52.6. The van der Waals surface area contributed by atoms with Crippen LogP contribution in [0.4, 0.5) is 0 Å². The van der Waals surface area contributed by atoms with Crippen LogP contribution < -0.4 is 113 Å². The number of ether oxygens (including phenoxy) is 4. The van der Waals surface area contributed by atoms with Crippen molar-refractivity contribution in [3.63, 3.8) is 0 Å². The number of halogens is 2. The molecule has 0 saturated heterocycles. The van der Waals surface area contributed by atoms with E-state index in [9.17, 15) is 14.4 Å². The van der Waals surface area contributed by atoms with Gasteiger partial charge in [-0.1, -0.05) is 86.0 Å². The van der Waals surface area contributed by atoms with Crippen molar-refractivity contribution in [2.24, 2.45) is 0 Å². The van der Waals surface area contributed by atoms with Crippen LogP contribution in [-0.4, -0.2) is 107 Å². The van der Waals surface area contributed by atoms with E-state index in [1.807, 2.05) is 31.2 Å². The fourth-order valence-electron chi connectivity index (χ4n) is 3.66. The van der Waals surface area contributed by atoms with Crippen molar-refractivity contribution < 1.29 is 163 Å². The molecular weight excluding hydrogens is 1130 g/mol. The molecule has 3 aromatic rings. The SMILES string of the molecule is CCCCI.CCCCOc1ccc(SCC(=O)OCC)cc1.CCN(CC)CC.CCOC(=O)CBr.CCOC(=O)CSc1ccc(O)cc1.O=CO[O-].Oc1ccc(S)cc1.[H-].[K+].[K+]. The molecule has 0 unspecified atom stereocenters. The maximum absolute atomic E-state index is 11.2. The first-order chi connectivity index (χ1) is 30.2. The Morgan fingerprint density at radius 1 is 0.692 bits per heavy atom. The van der Waals surface area contributed by atoms with Crippen molar-refractivity contribution in [2.45, 2.75) is 95.8 Å². The van der Waals surface area contributed by atoms with Gasteiger partial charge in [0.05, 0.1) is 37.9 Å². The van der Waals surface area contributed by atoms with Crippen molar-refractivity contribution in [1.29, 1.82) is 0 Å². The predicted molar refractivity (Wildman–Crippen MR) is 271 cm³/mol. The summed E-state index contributed by atoms with van der Waals surface area (Å²) in [5.41, 5.74) is 0. The second-order valence-electron chi connectivity index (χ2n) is 11.7. The van der Waals surface area contributed by atoms with Crippen LogP contribution in [0.25, 0.3) is 0 Å². The van der Waals surface area contributed by atoms with Gasteiger partial charge in [0.15, 0.2) is 0 Å². The summed E-state index contributed by atoms with van der Waals surface area (Å²) in [6, 6.07) is 21.2. The van der Waals surface area contributed by atoms with Gasteiger partial charge < -0.3 is 45.6 Å². The number of carbonyl (C=O) groups excluding carboxylic acids is 4. The van der Waals surface area contributed by atoms with Crippen LogP contribution >= 0.6 is 74.7 Å². The number of thioether (sulfide) groups is 2. The van der Waals surface area contributed by atoms with Gasteiger partial charge in [-0.05, 0) is 130 Å². The van der Waals surface area contributed by atoms with Crippen LogP contribution in [0.3, 0.4) is 0 Å². The number of thiol groups is 1. The Kier molecular flexibility index (Phi) is 71.6. The number of phenols is 2. The molecular formula is C45H71BrIK2NO12S3. The van der Waals surface area contributed by atoms with E-state index in [-0.39, 0.29) is 140 Å². The molecule has 65 heavy (non-hydrogen) atoms. The fraction of sp³-hybridized carbons (Fsp3) is 0.511. The molecule has 0 bridgehead atoms. The number of unbranched alkanes of at least 4 members (excludes halogenated alkanes) is 2. The molecule has 20 heteroatoms. The number of benzene rings is 3. The number of esters is 3. The van der Waals surface area contributed by atoms with Crippen LogP contribution in [0.15, 0.2) is 87.5 Å². The number of carbonyl (C=O) groups is 4. The predicted octanol–water partition coefficient (Wildman–Crippen LogP) is 4.32. The number of phenolic OH excluding ortho intramolecular Hbond substituents is 2. The Labute approximate surface area is 512 Å². The third-order valence-electron chi connectivity index (χ3n) is 6.88. The number of nitrogens with zero attached hydrogens (tertiary/aromatic N) is 1. The minimum atomic E-state index is -0.217. The molecule has 0 fully saturated rings. The number of hydrogen-bond donors (Lipinski definition) is 3. The van der Waals surface area contributed by atoms with Crippen molar-refractivity contribution in [1.82, 2.24) is 4.90 Å². The Morgan fingerprint density at radius 2 is 1.06 bits per heavy atom. The average molecular weight is 1200 g/mol. The number of rotatable bonds is 20. The molecule has 0 saturated carbocycles. The fourth-order valence-corrected chi connectivity index (χ4v) is 6.12. The van der Waals surface area contributed by atoms with Gasteiger partial charge in [-0.3, -0.25) is 19.2 Å². The first-order valence-corrected chi connectivity index (χ1v) is 25.6. The molecule has 3 rings (SSSR count). The van der Waals surface area contributed by atoms with E-state index < -0.39 is 0 Å². The third-order valence-corrected chi connectivity index (χ3v) is 10.4. The Hall–Kier alpha value is 0.393. The zero-order chi connectivity index (χ0) is 48.5. The van der Waals surface area contributed by atoms with Gasteiger partial charge in [-0.15, -0.1) is 36.2 Å². The first-order valence-electron chi connectivity index (χ1n) is 20.5. The summed E-state index contributed by atoms with van der Waals surface area (Å²) in [5, 5.41) is 26.5. The van der Waals surface area contributed by atoms with Gasteiger partial charge in [0.1, 0.15) is 22.6 Å². The van der Waals surface area contributed by atoms with Crippen LogP contribution in [0.2, 0.25) is 0 Å². The maximum Gasteiger partial charge on any atom is 1.00 e. The van der Waals surface area contributed by atoms with Crippen molar-refractivity contribution in [2.75, 3.05) is 67.3 Å². The van der Waals surface area contributed by atoms with Crippen LogP contribution in [0, 0.1) is 0 Å². The molecule has 0 amide bonds. The van der Waals surface area contributed by atoms with Gasteiger partial charge in [0.25, 0.3) is 6.47 Å². The van der Waals surface area contributed by atoms with E-state index in [2.05, 4.69) is 100 Å². The Balaban J connectivity index is -0.000000130. The second kappa shape index (κ2) is 60.5. The summed E-state index contributed by atoms with van der Waals surface area (Å²) in [7, 11) is 0. The van der Waals surface area contributed by atoms with Gasteiger partial charge in [0.2, 0.25) is 0 Å². The quantitative estimate of drug-likeness (QED) is 0.0124. The van der Waals surface area contributed by atoms with E-state index in [4.69, 9.17) is 34.5 Å². The molecule has 0 atom stereocenters. The average Bonchev–Trinajstić information content (AvgIpc) is 3.29. The standard InChI is InChI=1S/C14H20O3S.C10H12O3S.C6H15N.C6H6OS.C4H7BrO2.C4H9I.CH2O3.2K.H/c1-3-5-10-17-12-6-8-13(9-7-12)18-11-14(15)16-4-2;1-2-13-10(12)7-14-9-5-3-8(11)4-6-9;1-4-7(5-2)6-3;7-5-1-3-6(8)4-2-5;1-2-7-4(6)3-5;1-2-3-4-5;2-1-4-3;;;/h6-9H,3-5,10-11H2,1-2H3;3-6,11H,2,7H2,1H3;4-6H2,1-3H3;1-4,7-8H;2-3H2,1H3;2-4H2,1H3;1,3H;;;/q;;;;;;;2*+1;-1/p-1. The molecule has 0 aliphatic rings. The van der Waals surface area contributed by atoms with Crippen LogP contribution in [-0.2, 0) is 38.3 Å². The summed E-state index contributed by atoms with van der Waals surface area (Å²) >= 11 is 12.2. The molecule has 0 aromatic heterocycles.